The van der Waals surface area contributed by atoms with Gasteiger partial charge in [-0.25, -0.2) is 4.39 Å². The zero-order chi connectivity index (χ0) is 21.6. The predicted octanol–water partition coefficient (Wildman–Crippen LogP) is 4.00. The molecule has 1 saturated carbocycles. The average molecular weight is 431 g/mol. The summed E-state index contributed by atoms with van der Waals surface area (Å²) in [6.45, 7) is 1.68. The molecule has 2 aromatic rings. The van der Waals surface area contributed by atoms with Crippen molar-refractivity contribution in [3.8, 4) is 0 Å². The average Bonchev–Trinajstić information content (AvgIpc) is 3.21. The third-order valence-electron chi connectivity index (χ3n) is 6.35. The molecule has 1 amide bonds. The number of hydrogen-bond acceptors (Lipinski definition) is 4. The van der Waals surface area contributed by atoms with Gasteiger partial charge in [-0.05, 0) is 61.4 Å². The van der Waals surface area contributed by atoms with E-state index in [4.69, 9.17) is 11.6 Å². The summed E-state index contributed by atoms with van der Waals surface area (Å²) in [5, 5.41) is 13.9. The number of anilines is 2. The smallest absolute Gasteiger partial charge is 0.227 e. The standard InChI is InChI=1S/C23H24ClFN2O3/c1-12(28)22-21(17-11-15(25)5-8-19(17)27(22)2)18-9-13(10-20(18)29)23(30)26-16-6-3-14(24)4-7-16/h3-8,11-13,18,21-22,28H,9-10H2,1-2H3,(H,26,30). The fraction of sp³-hybridized carbons (Fsp3) is 0.391. The number of nitrogens with one attached hydrogen (secondary N) is 1. The van der Waals surface area contributed by atoms with Crippen molar-refractivity contribution in [1.29, 1.82) is 0 Å². The molecule has 158 valence electrons. The minimum absolute atomic E-state index is 0.0209. The molecule has 1 fully saturated rings. The molecule has 1 heterocycles. The van der Waals surface area contributed by atoms with Crippen molar-refractivity contribution in [3.63, 3.8) is 0 Å². The minimum Gasteiger partial charge on any atom is -0.391 e. The van der Waals surface area contributed by atoms with Crippen LogP contribution in [0.2, 0.25) is 5.02 Å². The molecular formula is C23H24ClFN2O3. The summed E-state index contributed by atoms with van der Waals surface area (Å²) in [5.74, 6) is -1.88. The summed E-state index contributed by atoms with van der Waals surface area (Å²) in [6, 6.07) is 11.0. The van der Waals surface area contributed by atoms with Crippen LogP contribution in [0, 0.1) is 17.7 Å². The van der Waals surface area contributed by atoms with Crippen molar-refractivity contribution < 1.29 is 19.1 Å². The molecule has 0 saturated heterocycles. The van der Waals surface area contributed by atoms with Gasteiger partial charge in [0.1, 0.15) is 11.6 Å². The first-order valence-corrected chi connectivity index (χ1v) is 10.4. The maximum atomic E-state index is 14.0. The van der Waals surface area contributed by atoms with Crippen molar-refractivity contribution in [1.82, 2.24) is 0 Å². The lowest BCUT2D eigenvalue weighted by molar-refractivity contribution is -0.124. The fourth-order valence-corrected chi connectivity index (χ4v) is 5.14. The Morgan fingerprint density at radius 3 is 2.63 bits per heavy atom. The van der Waals surface area contributed by atoms with Crippen LogP contribution in [0.15, 0.2) is 42.5 Å². The molecular weight excluding hydrogens is 407 g/mol. The number of Topliss-reactive ketones (excluding diaryl/α,β-unsaturated/α-hetero) is 1. The molecule has 1 aliphatic heterocycles. The highest BCUT2D eigenvalue weighted by molar-refractivity contribution is 6.30. The van der Waals surface area contributed by atoms with Crippen LogP contribution in [0.25, 0.3) is 0 Å². The first kappa shape index (κ1) is 20.8. The van der Waals surface area contributed by atoms with E-state index in [1.54, 1.807) is 37.3 Å². The van der Waals surface area contributed by atoms with E-state index in [9.17, 15) is 19.1 Å². The lowest BCUT2D eigenvalue weighted by Crippen LogP contribution is -2.42. The molecule has 5 unspecified atom stereocenters. The van der Waals surface area contributed by atoms with E-state index < -0.39 is 17.9 Å². The topological polar surface area (TPSA) is 69.6 Å². The normalized spacial score (nSPS) is 26.6. The molecule has 0 spiro atoms. The molecule has 5 atom stereocenters. The van der Waals surface area contributed by atoms with Gasteiger partial charge in [0.25, 0.3) is 0 Å². The Labute approximate surface area is 179 Å². The van der Waals surface area contributed by atoms with Crippen molar-refractivity contribution in [2.45, 2.75) is 37.8 Å². The number of benzene rings is 2. The minimum atomic E-state index is -0.717. The Morgan fingerprint density at radius 2 is 1.97 bits per heavy atom. The second-order valence-electron chi connectivity index (χ2n) is 8.28. The van der Waals surface area contributed by atoms with Gasteiger partial charge in [-0.3, -0.25) is 9.59 Å². The van der Waals surface area contributed by atoms with Crippen LogP contribution in [-0.4, -0.2) is 36.0 Å². The van der Waals surface area contributed by atoms with E-state index in [0.717, 1.165) is 11.3 Å². The van der Waals surface area contributed by atoms with E-state index in [1.807, 2.05) is 11.9 Å². The number of aliphatic hydroxyl groups excluding tert-OH is 1. The second-order valence-corrected chi connectivity index (χ2v) is 8.71. The number of hydrogen-bond donors (Lipinski definition) is 2. The molecule has 7 heteroatoms. The van der Waals surface area contributed by atoms with Gasteiger partial charge < -0.3 is 15.3 Å². The van der Waals surface area contributed by atoms with Crippen LogP contribution >= 0.6 is 11.6 Å². The molecule has 0 aromatic heterocycles. The van der Waals surface area contributed by atoms with Crippen molar-refractivity contribution >= 4 is 34.7 Å². The zero-order valence-electron chi connectivity index (χ0n) is 16.8. The van der Waals surface area contributed by atoms with Gasteiger partial charge in [-0.1, -0.05) is 11.6 Å². The third kappa shape index (κ3) is 3.70. The highest BCUT2D eigenvalue weighted by atomic mass is 35.5. The third-order valence-corrected chi connectivity index (χ3v) is 6.61. The lowest BCUT2D eigenvalue weighted by atomic mass is 9.79. The van der Waals surface area contributed by atoms with Gasteiger partial charge in [-0.15, -0.1) is 0 Å². The SMILES string of the molecule is CC(O)C1C(C2CC(C(=O)Nc3ccc(Cl)cc3)CC2=O)c2cc(F)ccc2N1C. The largest absolute Gasteiger partial charge is 0.391 e. The van der Waals surface area contributed by atoms with Crippen LogP contribution in [0.3, 0.4) is 0 Å². The van der Waals surface area contributed by atoms with E-state index in [2.05, 4.69) is 5.32 Å². The fourth-order valence-electron chi connectivity index (χ4n) is 5.02. The van der Waals surface area contributed by atoms with Crippen LogP contribution in [0.5, 0.6) is 0 Å². The molecule has 2 aromatic carbocycles. The molecule has 2 aliphatic rings. The van der Waals surface area contributed by atoms with E-state index in [0.29, 0.717) is 17.1 Å². The predicted molar refractivity (Wildman–Crippen MR) is 114 cm³/mol. The van der Waals surface area contributed by atoms with E-state index >= 15 is 0 Å². The van der Waals surface area contributed by atoms with Gasteiger partial charge in [0.2, 0.25) is 5.91 Å². The maximum absolute atomic E-state index is 14.0. The van der Waals surface area contributed by atoms with Crippen molar-refractivity contribution in [2.75, 3.05) is 17.3 Å². The van der Waals surface area contributed by atoms with Crippen LogP contribution in [0.4, 0.5) is 15.8 Å². The number of fused-ring (bicyclic) bond motifs is 1. The molecule has 5 nitrogen and oxygen atoms in total. The van der Waals surface area contributed by atoms with Crippen LogP contribution in [0.1, 0.15) is 31.2 Å². The van der Waals surface area contributed by atoms with Gasteiger partial charge in [-0.2, -0.15) is 0 Å². The Balaban J connectivity index is 1.58. The molecule has 4 rings (SSSR count). The van der Waals surface area contributed by atoms with Gasteiger partial charge in [0.15, 0.2) is 0 Å². The monoisotopic (exact) mass is 430 g/mol. The van der Waals surface area contributed by atoms with Gasteiger partial charge in [0.05, 0.1) is 12.1 Å². The first-order valence-electron chi connectivity index (χ1n) is 10.1. The maximum Gasteiger partial charge on any atom is 0.227 e. The molecule has 0 radical (unpaired) electrons. The van der Waals surface area contributed by atoms with E-state index in [1.165, 1.54) is 12.1 Å². The first-order chi connectivity index (χ1) is 14.3. The quantitative estimate of drug-likeness (QED) is 0.769. The van der Waals surface area contributed by atoms with Crippen molar-refractivity contribution in [2.24, 2.45) is 11.8 Å². The number of aliphatic hydroxyl groups is 1. The number of nitrogens with zero attached hydrogens (tertiary/aromatic N) is 1. The van der Waals surface area contributed by atoms with E-state index in [-0.39, 0.29) is 35.9 Å². The summed E-state index contributed by atoms with van der Waals surface area (Å²) >= 11 is 5.88. The molecule has 0 bridgehead atoms. The molecule has 2 N–H and O–H groups in total. The Kier molecular flexibility index (Phi) is 5.55. The summed E-state index contributed by atoms with van der Waals surface area (Å²) < 4.78 is 14.0. The van der Waals surface area contributed by atoms with Crippen molar-refractivity contribution in [3.05, 3.63) is 58.9 Å². The summed E-state index contributed by atoms with van der Waals surface area (Å²) in [7, 11) is 1.85. The number of halogens is 2. The number of rotatable bonds is 4. The number of amides is 1. The number of ketones is 1. The number of carbonyl (C=O) groups is 2. The summed E-state index contributed by atoms with van der Waals surface area (Å²) in [5.41, 5.74) is 2.16. The highest BCUT2D eigenvalue weighted by Crippen LogP contribution is 2.50. The Bertz CT molecular complexity index is 979. The van der Waals surface area contributed by atoms with Crippen LogP contribution < -0.4 is 10.2 Å². The summed E-state index contributed by atoms with van der Waals surface area (Å²) in [6.07, 6.45) is -0.206. The number of likely N-dealkylation sites (N-methyl/N-ethyl adjacent to an activating group) is 1. The zero-order valence-corrected chi connectivity index (χ0v) is 17.6. The van der Waals surface area contributed by atoms with Gasteiger partial charge in [0, 0.05) is 47.6 Å². The second kappa shape index (κ2) is 8.00. The van der Waals surface area contributed by atoms with Crippen LogP contribution in [-0.2, 0) is 9.59 Å². The Hall–Kier alpha value is -2.44. The lowest BCUT2D eigenvalue weighted by Gasteiger charge is -2.32. The highest BCUT2D eigenvalue weighted by Gasteiger charge is 2.49. The Morgan fingerprint density at radius 1 is 1.27 bits per heavy atom. The molecule has 30 heavy (non-hydrogen) atoms. The summed E-state index contributed by atoms with van der Waals surface area (Å²) in [4.78, 5) is 27.6. The molecule has 1 aliphatic carbocycles. The number of carbonyl (C=O) groups excluding carboxylic acids is 2. The van der Waals surface area contributed by atoms with Gasteiger partial charge >= 0.3 is 0 Å².